The number of aromatic amines is 2. The van der Waals surface area contributed by atoms with Crippen LogP contribution in [0, 0.1) is 0 Å². The molecule has 3 aliphatic rings. The lowest BCUT2D eigenvalue weighted by molar-refractivity contribution is 1.24. The molecule has 8 bridgehead atoms. The third kappa shape index (κ3) is 2.53. The van der Waals surface area contributed by atoms with E-state index in [0.29, 0.717) is 0 Å². The van der Waals surface area contributed by atoms with Crippen LogP contribution >= 0.6 is 0 Å². The molecular formula is C24H22N4. The highest BCUT2D eigenvalue weighted by Crippen LogP contribution is 2.27. The standard InChI is InChI=1S/C24H22N4/c1-13-17-11-24(25-12-17)16(4)23-10-9-22(28-23)15(3)21-8-7-20(27-21)14(2)19-6-5-18(13)26-19/h5-12,25-26H,1-4H3/b18-13-,19-14-,21-15-,23-16-. The topological polar surface area (TPSA) is 56.3 Å². The summed E-state index contributed by atoms with van der Waals surface area (Å²) in [6, 6.07) is 6.47. The molecule has 3 aliphatic heterocycles. The van der Waals surface area contributed by atoms with Crippen molar-refractivity contribution >= 4 is 28.1 Å². The van der Waals surface area contributed by atoms with Crippen LogP contribution in [0.4, 0.5) is 0 Å². The zero-order valence-corrected chi connectivity index (χ0v) is 16.5. The average molecular weight is 366 g/mol. The Hall–Kier alpha value is -3.40. The molecule has 0 radical (unpaired) electrons. The molecule has 2 aromatic heterocycles. The lowest BCUT2D eigenvalue weighted by atomic mass is 10.1. The first-order chi connectivity index (χ1) is 13.5. The number of nitrogens with one attached hydrogen (secondary N) is 2. The van der Waals surface area contributed by atoms with Crippen LogP contribution in [0.2, 0.25) is 0 Å². The maximum absolute atomic E-state index is 4.86. The van der Waals surface area contributed by atoms with E-state index in [4.69, 9.17) is 9.98 Å². The van der Waals surface area contributed by atoms with Crippen LogP contribution in [0.5, 0.6) is 0 Å². The molecule has 0 amide bonds. The van der Waals surface area contributed by atoms with E-state index in [0.717, 1.165) is 55.9 Å². The highest BCUT2D eigenvalue weighted by atomic mass is 14.8. The van der Waals surface area contributed by atoms with Crippen molar-refractivity contribution in [1.82, 2.24) is 9.97 Å². The van der Waals surface area contributed by atoms with Crippen LogP contribution < -0.4 is 10.7 Å². The second-order valence-electron chi connectivity index (χ2n) is 7.52. The fourth-order valence-corrected chi connectivity index (χ4v) is 3.78. The normalized spacial score (nSPS) is 27.4. The summed E-state index contributed by atoms with van der Waals surface area (Å²) in [7, 11) is 0. The Morgan fingerprint density at radius 2 is 1.29 bits per heavy atom. The highest BCUT2D eigenvalue weighted by Gasteiger charge is 2.16. The van der Waals surface area contributed by atoms with Gasteiger partial charge in [-0.2, -0.15) is 0 Å². The number of fused-ring (bicyclic) bond motifs is 6. The number of hydrogen-bond acceptors (Lipinski definition) is 2. The number of aromatic nitrogens is 2. The zero-order valence-electron chi connectivity index (χ0n) is 16.5. The smallest absolute Gasteiger partial charge is 0.0688 e. The van der Waals surface area contributed by atoms with E-state index < -0.39 is 0 Å². The minimum absolute atomic E-state index is 0.973. The molecule has 5 heterocycles. The second-order valence-corrected chi connectivity index (χ2v) is 7.52. The molecule has 0 atom stereocenters. The molecule has 2 aromatic rings. The van der Waals surface area contributed by atoms with E-state index in [9.17, 15) is 0 Å². The van der Waals surface area contributed by atoms with E-state index in [-0.39, 0.29) is 0 Å². The van der Waals surface area contributed by atoms with E-state index in [1.54, 1.807) is 0 Å². The Bertz CT molecular complexity index is 1330. The fraction of sp³-hybridized carbons (Fsp3) is 0.167. The Labute approximate surface area is 163 Å². The number of rotatable bonds is 0. The second kappa shape index (κ2) is 6.06. The minimum Gasteiger partial charge on any atom is -0.361 e. The summed E-state index contributed by atoms with van der Waals surface area (Å²) in [5.41, 5.74) is 10.8. The van der Waals surface area contributed by atoms with Crippen LogP contribution in [0.15, 0.2) is 75.7 Å². The van der Waals surface area contributed by atoms with Gasteiger partial charge in [0.1, 0.15) is 0 Å². The van der Waals surface area contributed by atoms with Gasteiger partial charge in [0, 0.05) is 28.2 Å². The molecule has 138 valence electrons. The molecule has 0 aliphatic carbocycles. The number of hydrogen-bond donors (Lipinski definition) is 2. The summed E-state index contributed by atoms with van der Waals surface area (Å²) in [4.78, 5) is 16.7. The molecule has 28 heavy (non-hydrogen) atoms. The lowest BCUT2D eigenvalue weighted by Gasteiger charge is -2.03. The lowest BCUT2D eigenvalue weighted by Crippen LogP contribution is -2.16. The van der Waals surface area contributed by atoms with E-state index in [1.165, 1.54) is 11.1 Å². The minimum atomic E-state index is 0.973. The van der Waals surface area contributed by atoms with E-state index in [2.05, 4.69) is 86.4 Å². The molecular weight excluding hydrogens is 344 g/mol. The van der Waals surface area contributed by atoms with Gasteiger partial charge < -0.3 is 9.97 Å². The molecule has 0 unspecified atom stereocenters. The Kier molecular flexibility index (Phi) is 3.63. The predicted octanol–water partition coefficient (Wildman–Crippen LogP) is 3.77. The van der Waals surface area contributed by atoms with Gasteiger partial charge in [0.05, 0.1) is 22.8 Å². The van der Waals surface area contributed by atoms with Crippen molar-refractivity contribution in [2.24, 2.45) is 9.98 Å². The number of H-pyrrole nitrogens is 2. The first-order valence-corrected chi connectivity index (χ1v) is 9.53. The van der Waals surface area contributed by atoms with Gasteiger partial charge in [0.25, 0.3) is 0 Å². The third-order valence-corrected chi connectivity index (χ3v) is 5.83. The number of nitrogens with zero attached hydrogens (tertiary/aromatic N) is 2. The van der Waals surface area contributed by atoms with Gasteiger partial charge in [-0.05, 0) is 92.5 Å². The van der Waals surface area contributed by atoms with E-state index in [1.807, 2.05) is 0 Å². The van der Waals surface area contributed by atoms with Gasteiger partial charge in [-0.25, -0.2) is 9.98 Å². The van der Waals surface area contributed by atoms with Crippen molar-refractivity contribution in [2.75, 3.05) is 0 Å². The molecule has 0 saturated carbocycles. The summed E-state index contributed by atoms with van der Waals surface area (Å²) in [5.74, 6) is 0. The van der Waals surface area contributed by atoms with Crippen molar-refractivity contribution < 1.29 is 0 Å². The maximum Gasteiger partial charge on any atom is 0.0688 e. The van der Waals surface area contributed by atoms with Gasteiger partial charge in [-0.15, -0.1) is 0 Å². The fourth-order valence-electron chi connectivity index (χ4n) is 3.78. The van der Waals surface area contributed by atoms with Gasteiger partial charge in [-0.1, -0.05) is 0 Å². The highest BCUT2D eigenvalue weighted by molar-refractivity contribution is 6.26. The first kappa shape index (κ1) is 16.8. The number of aliphatic imine (C=N–C) groups is 2. The molecule has 0 aromatic carbocycles. The summed E-state index contributed by atoms with van der Waals surface area (Å²) < 4.78 is 0. The van der Waals surface area contributed by atoms with Gasteiger partial charge in [-0.3, -0.25) is 0 Å². The summed E-state index contributed by atoms with van der Waals surface area (Å²) in [6.07, 6.45) is 10.4. The Morgan fingerprint density at radius 1 is 0.679 bits per heavy atom. The van der Waals surface area contributed by atoms with Gasteiger partial charge in [0.15, 0.2) is 0 Å². The van der Waals surface area contributed by atoms with Crippen LogP contribution in [0.1, 0.15) is 39.0 Å². The molecule has 4 heteroatoms. The SMILES string of the molecule is C/C1=C2\C=CC(=N2)/C(C)=c2/cc/c([nH]2)=C(\C)c2c[nH]c(c2)/C(C)=C2/C=CC1=N2. The zero-order chi connectivity index (χ0) is 19.4. The van der Waals surface area contributed by atoms with Gasteiger partial charge >= 0.3 is 0 Å². The molecule has 0 saturated heterocycles. The Morgan fingerprint density at radius 3 is 2.00 bits per heavy atom. The van der Waals surface area contributed by atoms with Crippen molar-refractivity contribution in [3.8, 4) is 0 Å². The van der Waals surface area contributed by atoms with Crippen LogP contribution in [0.25, 0.3) is 16.7 Å². The maximum atomic E-state index is 4.86. The molecule has 0 spiro atoms. The third-order valence-electron chi connectivity index (χ3n) is 5.83. The quantitative estimate of drug-likeness (QED) is 0.713. The molecule has 0 fully saturated rings. The van der Waals surface area contributed by atoms with Crippen molar-refractivity contribution in [1.29, 1.82) is 0 Å². The predicted molar refractivity (Wildman–Crippen MR) is 117 cm³/mol. The van der Waals surface area contributed by atoms with Crippen molar-refractivity contribution in [3.63, 3.8) is 0 Å². The Balaban J connectivity index is 1.84. The number of allylic oxidation sites excluding steroid dienone is 6. The van der Waals surface area contributed by atoms with Crippen LogP contribution in [-0.4, -0.2) is 21.4 Å². The summed E-state index contributed by atoms with van der Waals surface area (Å²) in [6.45, 7) is 8.46. The van der Waals surface area contributed by atoms with Crippen LogP contribution in [0.3, 0.4) is 0 Å². The summed E-state index contributed by atoms with van der Waals surface area (Å²) in [5, 5.41) is 2.21. The first-order valence-electron chi connectivity index (χ1n) is 9.53. The van der Waals surface area contributed by atoms with E-state index >= 15 is 0 Å². The van der Waals surface area contributed by atoms with Crippen LogP contribution in [-0.2, 0) is 0 Å². The molecule has 5 rings (SSSR count). The van der Waals surface area contributed by atoms with Gasteiger partial charge in [0.2, 0.25) is 0 Å². The summed E-state index contributed by atoms with van der Waals surface area (Å²) >= 11 is 0. The van der Waals surface area contributed by atoms with Crippen molar-refractivity contribution in [2.45, 2.75) is 27.7 Å². The average Bonchev–Trinajstić information content (AvgIpc) is 3.49. The largest absolute Gasteiger partial charge is 0.361 e. The molecule has 4 nitrogen and oxygen atoms in total. The van der Waals surface area contributed by atoms with Crippen molar-refractivity contribution in [3.05, 3.63) is 87.6 Å². The molecule has 2 N–H and O–H groups in total. The monoisotopic (exact) mass is 366 g/mol.